The lowest BCUT2D eigenvalue weighted by atomic mass is 9.83. The van der Waals surface area contributed by atoms with Crippen molar-refractivity contribution >= 4 is 22.6 Å². The van der Waals surface area contributed by atoms with Crippen LogP contribution in [0.4, 0.5) is 0 Å². The van der Waals surface area contributed by atoms with Gasteiger partial charge in [-0.2, -0.15) is 0 Å². The van der Waals surface area contributed by atoms with Gasteiger partial charge in [-0.3, -0.25) is 0 Å². The van der Waals surface area contributed by atoms with Crippen LogP contribution < -0.4 is 0 Å². The molecule has 1 unspecified atom stereocenters. The monoisotopic (exact) mass is 346 g/mol. The van der Waals surface area contributed by atoms with Crippen molar-refractivity contribution in [3.05, 3.63) is 33.4 Å². The summed E-state index contributed by atoms with van der Waals surface area (Å²) in [7, 11) is 0. The minimum Gasteiger partial charge on any atom is -0.385 e. The molecule has 0 amide bonds. The molecule has 0 aliphatic carbocycles. The second-order valence-corrected chi connectivity index (χ2v) is 6.29. The van der Waals surface area contributed by atoms with Gasteiger partial charge in [-0.1, -0.05) is 12.1 Å². The highest BCUT2D eigenvalue weighted by atomic mass is 127. The molecule has 0 radical (unpaired) electrons. The number of rotatable bonds is 3. The third-order valence-corrected chi connectivity index (χ3v) is 4.21. The highest BCUT2D eigenvalue weighted by molar-refractivity contribution is 14.1. The van der Waals surface area contributed by atoms with Gasteiger partial charge in [-0.05, 0) is 72.4 Å². The molecule has 1 aromatic rings. The molecule has 1 aliphatic rings. The average molecular weight is 346 g/mol. The van der Waals surface area contributed by atoms with Crippen LogP contribution in [-0.4, -0.2) is 18.3 Å². The van der Waals surface area contributed by atoms with Gasteiger partial charge in [0.25, 0.3) is 0 Å². The van der Waals surface area contributed by atoms with Crippen LogP contribution in [0.1, 0.15) is 31.7 Å². The Kier molecular flexibility index (Phi) is 4.44. The van der Waals surface area contributed by atoms with E-state index in [1.165, 1.54) is 3.57 Å². The fraction of sp³-hybridized carbons (Fsp3) is 0.571. The molecule has 2 rings (SSSR count). The molecular weight excluding hydrogens is 327 g/mol. The van der Waals surface area contributed by atoms with Crippen LogP contribution in [0.3, 0.4) is 0 Å². The predicted molar refractivity (Wildman–Crippen MR) is 76.9 cm³/mol. The van der Waals surface area contributed by atoms with E-state index >= 15 is 0 Å². The van der Waals surface area contributed by atoms with Gasteiger partial charge in [0.1, 0.15) is 0 Å². The molecule has 0 saturated carbocycles. The smallest absolute Gasteiger partial charge is 0.0871 e. The summed E-state index contributed by atoms with van der Waals surface area (Å²) in [6.45, 7) is 3.60. The fourth-order valence-electron chi connectivity index (χ4n) is 2.44. The summed E-state index contributed by atoms with van der Waals surface area (Å²) in [4.78, 5) is 0. The summed E-state index contributed by atoms with van der Waals surface area (Å²) < 4.78 is 6.56. The second-order valence-electron chi connectivity index (χ2n) is 5.04. The van der Waals surface area contributed by atoms with E-state index in [2.05, 4.69) is 22.6 Å². The van der Waals surface area contributed by atoms with Gasteiger partial charge >= 0.3 is 0 Å². The minimum absolute atomic E-state index is 0.582. The average Bonchev–Trinajstić information content (AvgIpc) is 2.30. The van der Waals surface area contributed by atoms with Crippen molar-refractivity contribution in [2.45, 2.75) is 31.8 Å². The second kappa shape index (κ2) is 5.67. The summed E-state index contributed by atoms with van der Waals surface area (Å²) >= 11 is 2.28. The Morgan fingerprint density at radius 3 is 2.47 bits per heavy atom. The zero-order valence-electron chi connectivity index (χ0n) is 10.2. The molecule has 2 nitrogen and oxygen atoms in total. The molecular formula is C14H19IO2. The number of hydrogen-bond acceptors (Lipinski definition) is 2. The third-order valence-electron chi connectivity index (χ3n) is 3.49. The molecule has 0 aromatic heterocycles. The molecule has 3 heteroatoms. The largest absolute Gasteiger partial charge is 0.385 e. The van der Waals surface area contributed by atoms with Crippen molar-refractivity contribution in [2.24, 2.45) is 5.92 Å². The first kappa shape index (κ1) is 13.3. The SMILES string of the molecule is CC(O)(CC1CCOCC1)c1ccc(I)cc1. The van der Waals surface area contributed by atoms with Crippen molar-refractivity contribution in [1.82, 2.24) is 0 Å². The van der Waals surface area contributed by atoms with E-state index < -0.39 is 5.60 Å². The van der Waals surface area contributed by atoms with E-state index in [0.717, 1.165) is 38.0 Å². The Balaban J connectivity index is 2.04. The Labute approximate surface area is 117 Å². The summed E-state index contributed by atoms with van der Waals surface area (Å²) in [6.07, 6.45) is 2.97. The number of ether oxygens (including phenoxy) is 1. The van der Waals surface area contributed by atoms with Crippen LogP contribution in [-0.2, 0) is 10.3 Å². The van der Waals surface area contributed by atoms with Gasteiger partial charge in [-0.25, -0.2) is 0 Å². The van der Waals surface area contributed by atoms with Crippen molar-refractivity contribution in [2.75, 3.05) is 13.2 Å². The molecule has 17 heavy (non-hydrogen) atoms. The first-order valence-corrected chi connectivity index (χ1v) is 7.22. The Bertz CT molecular complexity index is 353. The molecule has 1 N–H and O–H groups in total. The van der Waals surface area contributed by atoms with E-state index in [-0.39, 0.29) is 0 Å². The summed E-state index contributed by atoms with van der Waals surface area (Å²) in [5.74, 6) is 0.582. The molecule has 1 heterocycles. The lowest BCUT2D eigenvalue weighted by Crippen LogP contribution is -2.28. The molecule has 1 saturated heterocycles. The molecule has 0 bridgehead atoms. The van der Waals surface area contributed by atoms with Gasteiger partial charge in [0.2, 0.25) is 0 Å². The van der Waals surface area contributed by atoms with Crippen molar-refractivity contribution < 1.29 is 9.84 Å². The predicted octanol–water partition coefficient (Wildman–Crippen LogP) is 3.32. The van der Waals surface area contributed by atoms with Crippen LogP contribution >= 0.6 is 22.6 Å². The van der Waals surface area contributed by atoms with E-state index in [4.69, 9.17) is 4.74 Å². The van der Waals surface area contributed by atoms with Crippen LogP contribution in [0, 0.1) is 9.49 Å². The first-order chi connectivity index (χ1) is 8.08. The van der Waals surface area contributed by atoms with Crippen LogP contribution in [0.15, 0.2) is 24.3 Å². The van der Waals surface area contributed by atoms with E-state index in [1.807, 2.05) is 31.2 Å². The molecule has 1 fully saturated rings. The number of benzene rings is 1. The van der Waals surface area contributed by atoms with Crippen LogP contribution in [0.25, 0.3) is 0 Å². The maximum absolute atomic E-state index is 10.6. The summed E-state index contributed by atoms with van der Waals surface area (Å²) in [6, 6.07) is 8.16. The van der Waals surface area contributed by atoms with Gasteiger partial charge in [0, 0.05) is 16.8 Å². The molecule has 94 valence electrons. The van der Waals surface area contributed by atoms with Crippen LogP contribution in [0.2, 0.25) is 0 Å². The standard InChI is InChI=1S/C14H19IO2/c1-14(16,10-11-6-8-17-9-7-11)12-2-4-13(15)5-3-12/h2-5,11,16H,6-10H2,1H3. The Morgan fingerprint density at radius 1 is 1.29 bits per heavy atom. The normalized spacial score (nSPS) is 21.1. The fourth-order valence-corrected chi connectivity index (χ4v) is 2.80. The Hall–Kier alpha value is -0.130. The van der Waals surface area contributed by atoms with Crippen molar-refractivity contribution in [1.29, 1.82) is 0 Å². The van der Waals surface area contributed by atoms with E-state index in [1.54, 1.807) is 0 Å². The van der Waals surface area contributed by atoms with Crippen molar-refractivity contribution in [3.63, 3.8) is 0 Å². The molecule has 1 aliphatic heterocycles. The zero-order valence-corrected chi connectivity index (χ0v) is 12.3. The van der Waals surface area contributed by atoms with E-state index in [9.17, 15) is 5.11 Å². The lowest BCUT2D eigenvalue weighted by molar-refractivity contribution is -0.00304. The van der Waals surface area contributed by atoms with Gasteiger partial charge in [0.05, 0.1) is 5.60 Å². The van der Waals surface area contributed by atoms with E-state index in [0.29, 0.717) is 5.92 Å². The lowest BCUT2D eigenvalue weighted by Gasteiger charge is -2.31. The zero-order chi connectivity index (χ0) is 12.3. The minimum atomic E-state index is -0.716. The van der Waals surface area contributed by atoms with Gasteiger partial charge in [0.15, 0.2) is 0 Å². The quantitative estimate of drug-likeness (QED) is 0.851. The third kappa shape index (κ3) is 3.66. The maximum atomic E-state index is 10.6. The Morgan fingerprint density at radius 2 is 1.88 bits per heavy atom. The summed E-state index contributed by atoms with van der Waals surface area (Å²) in [5, 5.41) is 10.6. The van der Waals surface area contributed by atoms with Gasteiger partial charge < -0.3 is 9.84 Å². The van der Waals surface area contributed by atoms with Crippen LogP contribution in [0.5, 0.6) is 0 Å². The summed E-state index contributed by atoms with van der Waals surface area (Å²) in [5.41, 5.74) is 0.302. The number of hydrogen-bond donors (Lipinski definition) is 1. The van der Waals surface area contributed by atoms with Gasteiger partial charge in [-0.15, -0.1) is 0 Å². The molecule has 0 spiro atoms. The van der Waals surface area contributed by atoms with Crippen molar-refractivity contribution in [3.8, 4) is 0 Å². The highest BCUT2D eigenvalue weighted by Gasteiger charge is 2.28. The molecule has 1 atom stereocenters. The number of halogens is 1. The topological polar surface area (TPSA) is 29.5 Å². The highest BCUT2D eigenvalue weighted by Crippen LogP contribution is 2.32. The first-order valence-electron chi connectivity index (χ1n) is 6.14. The number of aliphatic hydroxyl groups is 1. The maximum Gasteiger partial charge on any atom is 0.0871 e. The molecule has 1 aromatic carbocycles.